The molecule has 2 amide bonds. The van der Waals surface area contributed by atoms with Crippen LogP contribution < -0.4 is 4.74 Å². The number of carbonyl (C=O) groups is 4. The van der Waals surface area contributed by atoms with Crippen LogP contribution in [0.1, 0.15) is 43.7 Å². The summed E-state index contributed by atoms with van der Waals surface area (Å²) in [5.41, 5.74) is 3.13. The number of phenolic OH excluding ortho intramolecular Hbond substituents is 2. The van der Waals surface area contributed by atoms with Gasteiger partial charge in [-0.2, -0.15) is 0 Å². The van der Waals surface area contributed by atoms with E-state index in [0.29, 0.717) is 41.7 Å². The van der Waals surface area contributed by atoms with Crippen LogP contribution >= 0.6 is 0 Å². The summed E-state index contributed by atoms with van der Waals surface area (Å²) in [5, 5.41) is 20.8. The molecule has 0 bridgehead atoms. The Hall–Kier alpha value is -4.46. The summed E-state index contributed by atoms with van der Waals surface area (Å²) < 4.78 is 5.63. The Morgan fingerprint density at radius 2 is 1.73 bits per heavy atom. The number of fused-ring (bicyclic) bond motifs is 3. The van der Waals surface area contributed by atoms with Gasteiger partial charge in [-0.15, -0.1) is 0 Å². The second kappa shape index (κ2) is 10.2. The smallest absolute Gasteiger partial charge is 0.233 e. The van der Waals surface area contributed by atoms with E-state index in [1.807, 2.05) is 6.08 Å². The van der Waals surface area contributed by atoms with E-state index >= 15 is 0 Å². The Morgan fingerprint density at radius 3 is 2.46 bits per heavy atom. The number of rotatable bonds is 6. The summed E-state index contributed by atoms with van der Waals surface area (Å²) in [6.45, 7) is 3.97. The molecule has 2 aromatic rings. The minimum atomic E-state index is -0.737. The fourth-order valence-electron chi connectivity index (χ4n) is 6.95. The van der Waals surface area contributed by atoms with E-state index < -0.39 is 23.7 Å². The Labute approximate surface area is 237 Å². The standard InChI is InChI=1S/C33H31NO7/c1-3-41-26-6-4-5-21(31(26)38)27-20-11-12-22-28(23(20)16-24-25(36)15-17(2)30(37)29(24)27)33(40)34(32(22)39)14-13-18-7-9-19(35)10-8-18/h4-11,15,22-23,27-28,35,38H,3,12-14,16H2,1-2H3. The highest BCUT2D eigenvalue weighted by atomic mass is 16.5. The number of likely N-dealkylation sites (tertiary alicyclic amines) is 1. The van der Waals surface area contributed by atoms with Crippen molar-refractivity contribution in [2.24, 2.45) is 17.8 Å². The van der Waals surface area contributed by atoms with Crippen molar-refractivity contribution < 1.29 is 34.1 Å². The second-order valence-electron chi connectivity index (χ2n) is 11.1. The number of para-hydroxylation sites is 1. The number of Topliss-reactive ketones (excluding diaryl/α,β-unsaturated/α-hetero) is 1. The van der Waals surface area contributed by atoms with Crippen molar-refractivity contribution in [2.75, 3.05) is 13.2 Å². The molecule has 210 valence electrons. The molecule has 4 aliphatic rings. The first-order chi connectivity index (χ1) is 19.7. The Bertz CT molecular complexity index is 1580. The normalized spacial score (nSPS) is 25.5. The molecule has 6 rings (SSSR count). The molecule has 0 aromatic heterocycles. The predicted octanol–water partition coefficient (Wildman–Crippen LogP) is 4.17. The van der Waals surface area contributed by atoms with Crippen LogP contribution in [-0.2, 0) is 25.6 Å². The molecule has 1 aliphatic heterocycles. The minimum Gasteiger partial charge on any atom is -0.508 e. The molecule has 0 radical (unpaired) electrons. The van der Waals surface area contributed by atoms with Crippen LogP contribution in [0, 0.1) is 17.8 Å². The van der Waals surface area contributed by atoms with Gasteiger partial charge in [-0.3, -0.25) is 24.1 Å². The van der Waals surface area contributed by atoms with Gasteiger partial charge in [0.25, 0.3) is 0 Å². The van der Waals surface area contributed by atoms with Crippen LogP contribution in [-0.4, -0.2) is 51.6 Å². The van der Waals surface area contributed by atoms with Crippen molar-refractivity contribution in [3.63, 3.8) is 0 Å². The number of allylic oxidation sites excluding steroid dienone is 6. The monoisotopic (exact) mass is 553 g/mol. The van der Waals surface area contributed by atoms with Gasteiger partial charge in [0.15, 0.2) is 23.1 Å². The SMILES string of the molecule is CCOc1cccc(C2C3=CCC4C(=O)N(CCc5ccc(O)cc5)C(=O)C4C3CC3=C2C(=O)C(C)=CC3=O)c1O. The largest absolute Gasteiger partial charge is 0.508 e. The van der Waals surface area contributed by atoms with E-state index in [1.54, 1.807) is 56.3 Å². The number of amides is 2. The highest BCUT2D eigenvalue weighted by Crippen LogP contribution is 2.56. The lowest BCUT2D eigenvalue weighted by molar-refractivity contribution is -0.140. The molecule has 3 aliphatic carbocycles. The summed E-state index contributed by atoms with van der Waals surface area (Å²) in [6.07, 6.45) is 4.25. The predicted molar refractivity (Wildman–Crippen MR) is 149 cm³/mol. The minimum absolute atomic E-state index is 0.105. The average molecular weight is 554 g/mol. The molecule has 41 heavy (non-hydrogen) atoms. The van der Waals surface area contributed by atoms with E-state index in [2.05, 4.69) is 0 Å². The fourth-order valence-corrected chi connectivity index (χ4v) is 6.95. The lowest BCUT2D eigenvalue weighted by atomic mass is 9.59. The third kappa shape index (κ3) is 4.29. The van der Waals surface area contributed by atoms with Gasteiger partial charge in [0.1, 0.15) is 5.75 Å². The molecule has 2 N–H and O–H groups in total. The zero-order valence-corrected chi connectivity index (χ0v) is 22.9. The molecule has 1 saturated heterocycles. The Morgan fingerprint density at radius 1 is 0.976 bits per heavy atom. The number of imide groups is 1. The van der Waals surface area contributed by atoms with Crippen molar-refractivity contribution in [3.05, 3.63) is 88.0 Å². The van der Waals surface area contributed by atoms with Crippen LogP contribution in [0.15, 0.2) is 76.9 Å². The van der Waals surface area contributed by atoms with Gasteiger partial charge in [0.2, 0.25) is 11.8 Å². The number of phenols is 2. The summed E-state index contributed by atoms with van der Waals surface area (Å²) in [4.78, 5) is 55.6. The van der Waals surface area contributed by atoms with Crippen LogP contribution in [0.5, 0.6) is 17.2 Å². The molecule has 4 atom stereocenters. The number of ether oxygens (including phenoxy) is 1. The van der Waals surface area contributed by atoms with E-state index in [4.69, 9.17) is 4.74 Å². The number of benzene rings is 2. The van der Waals surface area contributed by atoms with Crippen molar-refractivity contribution >= 4 is 23.4 Å². The van der Waals surface area contributed by atoms with E-state index in [-0.39, 0.29) is 53.6 Å². The summed E-state index contributed by atoms with van der Waals surface area (Å²) >= 11 is 0. The van der Waals surface area contributed by atoms with Gasteiger partial charge in [-0.25, -0.2) is 0 Å². The molecule has 0 spiro atoms. The van der Waals surface area contributed by atoms with Gasteiger partial charge in [-0.05, 0) is 68.9 Å². The third-order valence-corrected chi connectivity index (χ3v) is 8.86. The third-order valence-electron chi connectivity index (χ3n) is 8.86. The van der Waals surface area contributed by atoms with Crippen LogP contribution in [0.3, 0.4) is 0 Å². The van der Waals surface area contributed by atoms with Crippen molar-refractivity contribution in [2.45, 2.75) is 39.0 Å². The number of aromatic hydroxyl groups is 2. The zero-order valence-electron chi connectivity index (χ0n) is 22.9. The van der Waals surface area contributed by atoms with E-state index in [0.717, 1.165) is 11.1 Å². The van der Waals surface area contributed by atoms with Crippen LogP contribution in [0.2, 0.25) is 0 Å². The maximum atomic E-state index is 13.9. The Kier molecular flexibility index (Phi) is 6.64. The highest BCUT2D eigenvalue weighted by Gasteiger charge is 2.56. The van der Waals surface area contributed by atoms with Crippen molar-refractivity contribution in [1.82, 2.24) is 4.90 Å². The fraction of sp³-hybridized carbons (Fsp3) is 0.333. The van der Waals surface area contributed by atoms with Crippen molar-refractivity contribution in [3.8, 4) is 17.2 Å². The van der Waals surface area contributed by atoms with Gasteiger partial charge >= 0.3 is 0 Å². The maximum absolute atomic E-state index is 13.9. The van der Waals surface area contributed by atoms with Crippen LogP contribution in [0.25, 0.3) is 0 Å². The molecule has 2 aromatic carbocycles. The molecule has 0 saturated carbocycles. The summed E-state index contributed by atoms with van der Waals surface area (Å²) in [7, 11) is 0. The van der Waals surface area contributed by atoms with Gasteiger partial charge in [0, 0.05) is 34.7 Å². The molecule has 8 nitrogen and oxygen atoms in total. The lowest BCUT2D eigenvalue weighted by Gasteiger charge is -2.42. The van der Waals surface area contributed by atoms with Crippen LogP contribution in [0.4, 0.5) is 0 Å². The Balaban J connectivity index is 1.40. The average Bonchev–Trinajstić information content (AvgIpc) is 3.20. The molecular formula is C33H31NO7. The number of ketones is 2. The van der Waals surface area contributed by atoms with Gasteiger partial charge in [-0.1, -0.05) is 35.9 Å². The first-order valence-corrected chi connectivity index (χ1v) is 14.0. The quantitative estimate of drug-likeness (QED) is 0.313. The maximum Gasteiger partial charge on any atom is 0.233 e. The number of hydrogen-bond donors (Lipinski definition) is 2. The topological polar surface area (TPSA) is 121 Å². The molecule has 1 heterocycles. The van der Waals surface area contributed by atoms with Gasteiger partial charge in [0.05, 0.1) is 18.4 Å². The molecule has 4 unspecified atom stereocenters. The van der Waals surface area contributed by atoms with E-state index in [9.17, 15) is 29.4 Å². The summed E-state index contributed by atoms with van der Waals surface area (Å²) in [6, 6.07) is 11.8. The summed E-state index contributed by atoms with van der Waals surface area (Å²) in [5.74, 6) is -3.12. The molecule has 1 fully saturated rings. The molecule has 8 heteroatoms. The second-order valence-corrected chi connectivity index (χ2v) is 11.1. The first kappa shape index (κ1) is 26.7. The van der Waals surface area contributed by atoms with Gasteiger partial charge < -0.3 is 14.9 Å². The molecular weight excluding hydrogens is 522 g/mol. The number of hydrogen-bond acceptors (Lipinski definition) is 7. The lowest BCUT2D eigenvalue weighted by Crippen LogP contribution is -2.40. The number of carbonyl (C=O) groups excluding carboxylic acids is 4. The zero-order chi connectivity index (χ0) is 29.0. The van der Waals surface area contributed by atoms with E-state index in [1.165, 1.54) is 11.0 Å². The first-order valence-electron chi connectivity index (χ1n) is 14.0. The van der Waals surface area contributed by atoms with Crippen molar-refractivity contribution in [1.29, 1.82) is 0 Å². The highest BCUT2D eigenvalue weighted by molar-refractivity contribution is 6.24. The number of nitrogens with zero attached hydrogens (tertiary/aromatic N) is 1.